The lowest BCUT2D eigenvalue weighted by atomic mass is 10.1. The van der Waals surface area contributed by atoms with E-state index in [9.17, 15) is 18.0 Å². The van der Waals surface area contributed by atoms with Crippen molar-refractivity contribution in [3.8, 4) is 5.75 Å². The molecule has 4 aromatic rings. The number of rotatable bonds is 11. The number of amides is 2. The Balaban J connectivity index is 1.35. The minimum Gasteiger partial charge on any atom is -0.477 e. The lowest BCUT2D eigenvalue weighted by Gasteiger charge is -2.35. The van der Waals surface area contributed by atoms with Crippen molar-refractivity contribution >= 4 is 27.5 Å². The monoisotopic (exact) mass is 597 g/mol. The van der Waals surface area contributed by atoms with E-state index in [2.05, 4.69) is 5.32 Å². The van der Waals surface area contributed by atoms with Crippen molar-refractivity contribution in [3.05, 3.63) is 126 Å². The van der Waals surface area contributed by atoms with E-state index in [-0.39, 0.29) is 30.4 Å². The van der Waals surface area contributed by atoms with Crippen LogP contribution < -0.4 is 15.0 Å². The first-order valence-corrected chi connectivity index (χ1v) is 15.7. The van der Waals surface area contributed by atoms with E-state index in [0.29, 0.717) is 30.8 Å². The normalized spacial score (nSPS) is 14.6. The molecule has 1 N–H and O–H groups in total. The second-order valence-electron chi connectivity index (χ2n) is 10.5. The van der Waals surface area contributed by atoms with Gasteiger partial charge < -0.3 is 15.0 Å². The molecule has 0 saturated heterocycles. The number of ether oxygens (including phenoxy) is 1. The molecule has 8 nitrogen and oxygen atoms in total. The van der Waals surface area contributed by atoms with E-state index in [1.807, 2.05) is 67.6 Å². The molecule has 1 atom stereocenters. The molecule has 0 saturated carbocycles. The molecular formula is C34H35N3O5S. The Hall–Kier alpha value is -4.47. The third kappa shape index (κ3) is 7.49. The molecule has 1 aliphatic heterocycles. The summed E-state index contributed by atoms with van der Waals surface area (Å²) in [5.41, 5.74) is 3.49. The van der Waals surface area contributed by atoms with Gasteiger partial charge in [0.05, 0.1) is 23.7 Å². The summed E-state index contributed by atoms with van der Waals surface area (Å²) in [4.78, 5) is 28.6. The van der Waals surface area contributed by atoms with Crippen LogP contribution in [0.15, 0.2) is 114 Å². The highest BCUT2D eigenvalue weighted by molar-refractivity contribution is 7.89. The fourth-order valence-electron chi connectivity index (χ4n) is 4.97. The second-order valence-corrected chi connectivity index (χ2v) is 12.4. The first kappa shape index (κ1) is 30.0. The van der Waals surface area contributed by atoms with Crippen molar-refractivity contribution in [2.75, 3.05) is 31.1 Å². The van der Waals surface area contributed by atoms with E-state index < -0.39 is 22.0 Å². The molecule has 9 heteroatoms. The average molecular weight is 598 g/mol. The maximum Gasteiger partial charge on any atom is 0.262 e. The van der Waals surface area contributed by atoms with Crippen LogP contribution in [-0.2, 0) is 32.5 Å². The van der Waals surface area contributed by atoms with E-state index in [4.69, 9.17) is 4.74 Å². The van der Waals surface area contributed by atoms with E-state index in [0.717, 1.165) is 16.7 Å². The maximum atomic E-state index is 13.9. The third-order valence-electron chi connectivity index (χ3n) is 7.39. The summed E-state index contributed by atoms with van der Waals surface area (Å²) < 4.78 is 34.8. The Morgan fingerprint density at radius 3 is 2.12 bits per heavy atom. The molecule has 1 aliphatic rings. The Morgan fingerprint density at radius 1 is 0.837 bits per heavy atom. The molecule has 0 aromatic heterocycles. The zero-order valence-electron chi connectivity index (χ0n) is 24.1. The molecule has 222 valence electrons. The van der Waals surface area contributed by atoms with Crippen molar-refractivity contribution in [2.24, 2.45) is 0 Å². The van der Waals surface area contributed by atoms with Crippen LogP contribution in [-0.4, -0.2) is 56.8 Å². The zero-order chi connectivity index (χ0) is 30.2. The molecule has 0 spiro atoms. The highest BCUT2D eigenvalue weighted by Gasteiger charge is 2.36. The van der Waals surface area contributed by atoms with Gasteiger partial charge in [0, 0.05) is 13.1 Å². The van der Waals surface area contributed by atoms with Crippen LogP contribution in [0.5, 0.6) is 5.75 Å². The fourth-order valence-corrected chi connectivity index (χ4v) is 6.36. The Morgan fingerprint density at radius 2 is 1.44 bits per heavy atom. The number of hydrogen-bond donors (Lipinski definition) is 1. The van der Waals surface area contributed by atoms with Gasteiger partial charge in [-0.05, 0) is 55.2 Å². The number of aryl methyl sites for hydroxylation is 1. The van der Waals surface area contributed by atoms with Gasteiger partial charge in [0.15, 0.2) is 6.10 Å². The topological polar surface area (TPSA) is 96.0 Å². The minimum absolute atomic E-state index is 0.0376. The smallest absolute Gasteiger partial charge is 0.262 e. The first-order chi connectivity index (χ1) is 20.8. The summed E-state index contributed by atoms with van der Waals surface area (Å²) in [5, 5.41) is 2.91. The van der Waals surface area contributed by atoms with Gasteiger partial charge in [0.2, 0.25) is 15.9 Å². The van der Waals surface area contributed by atoms with Crippen LogP contribution in [0.1, 0.15) is 16.7 Å². The first-order valence-electron chi connectivity index (χ1n) is 14.3. The summed E-state index contributed by atoms with van der Waals surface area (Å²) in [6.07, 6.45) is 0.151. The van der Waals surface area contributed by atoms with Crippen molar-refractivity contribution in [2.45, 2.75) is 30.8 Å². The maximum absolute atomic E-state index is 13.9. The van der Waals surface area contributed by atoms with Crippen molar-refractivity contribution in [1.82, 2.24) is 9.62 Å². The Labute approximate surface area is 253 Å². The van der Waals surface area contributed by atoms with Crippen LogP contribution in [0.4, 0.5) is 5.69 Å². The van der Waals surface area contributed by atoms with Crippen LogP contribution >= 0.6 is 0 Å². The largest absolute Gasteiger partial charge is 0.477 e. The molecule has 0 radical (unpaired) electrons. The number of carbonyl (C=O) groups excluding carboxylic acids is 2. The third-order valence-corrected chi connectivity index (χ3v) is 9.25. The van der Waals surface area contributed by atoms with Crippen LogP contribution in [0.3, 0.4) is 0 Å². The molecule has 1 unspecified atom stereocenters. The molecule has 0 bridgehead atoms. The number of nitrogens with zero attached hydrogens (tertiary/aromatic N) is 2. The lowest BCUT2D eigenvalue weighted by molar-refractivity contribution is -0.128. The van der Waals surface area contributed by atoms with E-state index in [1.165, 1.54) is 9.21 Å². The quantitative estimate of drug-likeness (QED) is 0.277. The van der Waals surface area contributed by atoms with Gasteiger partial charge in [-0.2, -0.15) is 4.31 Å². The van der Waals surface area contributed by atoms with Gasteiger partial charge in [-0.15, -0.1) is 0 Å². The second kappa shape index (κ2) is 13.7. The number of para-hydroxylation sites is 2. The van der Waals surface area contributed by atoms with E-state index in [1.54, 1.807) is 48.5 Å². The number of hydrogen-bond acceptors (Lipinski definition) is 5. The molecule has 4 aromatic carbocycles. The molecular weight excluding hydrogens is 562 g/mol. The van der Waals surface area contributed by atoms with Crippen molar-refractivity contribution in [1.29, 1.82) is 0 Å². The highest BCUT2D eigenvalue weighted by Crippen LogP contribution is 2.33. The Kier molecular flexibility index (Phi) is 9.54. The van der Waals surface area contributed by atoms with E-state index >= 15 is 0 Å². The summed E-state index contributed by atoms with van der Waals surface area (Å²) in [6, 6.07) is 33.0. The predicted octanol–water partition coefficient (Wildman–Crippen LogP) is 4.38. The zero-order valence-corrected chi connectivity index (χ0v) is 24.9. The van der Waals surface area contributed by atoms with Crippen molar-refractivity contribution in [3.63, 3.8) is 0 Å². The number of anilines is 1. The fraction of sp³-hybridized carbons (Fsp3) is 0.235. The number of carbonyl (C=O) groups is 2. The van der Waals surface area contributed by atoms with Gasteiger partial charge in [-0.1, -0.05) is 90.5 Å². The average Bonchev–Trinajstić information content (AvgIpc) is 3.03. The molecule has 1 heterocycles. The van der Waals surface area contributed by atoms with Crippen LogP contribution in [0.25, 0.3) is 0 Å². The standard InChI is InChI=1S/C34H35N3O5S/c1-26-16-18-29(19-17-26)43(40,41)36(23-21-28-12-6-3-7-13-28)25-33(38)37-24-32(42-31-15-9-8-14-30(31)37)34(39)35-22-20-27-10-4-2-5-11-27/h2-19,32H,20-25H2,1H3,(H,35,39). The lowest BCUT2D eigenvalue weighted by Crippen LogP contribution is -2.53. The molecule has 2 amide bonds. The van der Waals surface area contributed by atoms with Crippen LogP contribution in [0.2, 0.25) is 0 Å². The number of sulfonamides is 1. The summed E-state index contributed by atoms with van der Waals surface area (Å²) in [5.74, 6) is -0.388. The highest BCUT2D eigenvalue weighted by atomic mass is 32.2. The number of benzene rings is 4. The summed E-state index contributed by atoms with van der Waals surface area (Å²) in [6.45, 7) is 1.99. The van der Waals surface area contributed by atoms with Crippen LogP contribution in [0, 0.1) is 6.92 Å². The number of nitrogens with one attached hydrogen (secondary N) is 1. The van der Waals surface area contributed by atoms with Gasteiger partial charge >= 0.3 is 0 Å². The van der Waals surface area contributed by atoms with Gasteiger partial charge in [0.25, 0.3) is 5.91 Å². The summed E-state index contributed by atoms with van der Waals surface area (Å²) in [7, 11) is -3.99. The van der Waals surface area contributed by atoms with Gasteiger partial charge in [-0.25, -0.2) is 8.42 Å². The SMILES string of the molecule is Cc1ccc(S(=O)(=O)N(CCc2ccccc2)CC(=O)N2CC(C(=O)NCCc3ccccc3)Oc3ccccc32)cc1. The number of fused-ring (bicyclic) bond motifs is 1. The summed E-state index contributed by atoms with van der Waals surface area (Å²) >= 11 is 0. The Bertz CT molecular complexity index is 1640. The minimum atomic E-state index is -3.99. The predicted molar refractivity (Wildman–Crippen MR) is 166 cm³/mol. The van der Waals surface area contributed by atoms with Gasteiger partial charge in [0.1, 0.15) is 5.75 Å². The molecule has 0 fully saturated rings. The molecule has 5 rings (SSSR count). The molecule has 0 aliphatic carbocycles. The van der Waals surface area contributed by atoms with Crippen molar-refractivity contribution < 1.29 is 22.7 Å². The molecule has 43 heavy (non-hydrogen) atoms. The van der Waals surface area contributed by atoms with Gasteiger partial charge in [-0.3, -0.25) is 9.59 Å².